The van der Waals surface area contributed by atoms with Crippen molar-refractivity contribution in [1.29, 1.82) is 0 Å². The first-order valence-electron chi connectivity index (χ1n) is 9.26. The zero-order valence-electron chi connectivity index (χ0n) is 16.5. The van der Waals surface area contributed by atoms with Gasteiger partial charge in [0.1, 0.15) is 11.6 Å². The molecule has 3 aromatic rings. The maximum absolute atomic E-state index is 12.9. The second-order valence-electron chi connectivity index (χ2n) is 6.43. The molecule has 0 aliphatic heterocycles. The number of hydrogen-bond acceptors (Lipinski definition) is 5. The molecule has 0 aliphatic rings. The molecule has 1 heterocycles. The minimum absolute atomic E-state index is 0.219. The smallest absolute Gasteiger partial charge is 0.279 e. The number of carbonyl (C=O) groups excluding carboxylic acids is 3. The molecule has 3 rings (SSSR count). The lowest BCUT2D eigenvalue weighted by Gasteiger charge is -2.15. The number of aromatic nitrogens is 1. The van der Waals surface area contributed by atoms with Crippen LogP contribution in [0, 0.1) is 5.82 Å². The molecule has 158 valence electrons. The largest absolute Gasteiger partial charge is 0.481 e. The molecular weight excluding hydrogens is 403 g/mol. The van der Waals surface area contributed by atoms with Crippen molar-refractivity contribution in [2.24, 2.45) is 0 Å². The number of rotatable bonds is 6. The van der Waals surface area contributed by atoms with E-state index in [-0.39, 0.29) is 11.5 Å². The highest BCUT2D eigenvalue weighted by Crippen LogP contribution is 2.14. The molecule has 1 atom stereocenters. The lowest BCUT2D eigenvalue weighted by atomic mass is 10.2. The Labute approximate surface area is 177 Å². The van der Waals surface area contributed by atoms with Crippen LogP contribution in [0.3, 0.4) is 0 Å². The van der Waals surface area contributed by atoms with Crippen LogP contribution in [0.15, 0.2) is 73.1 Å². The third kappa shape index (κ3) is 6.10. The number of pyridine rings is 1. The maximum Gasteiger partial charge on any atom is 0.279 e. The number of nitrogens with zero attached hydrogens (tertiary/aromatic N) is 1. The van der Waals surface area contributed by atoms with E-state index < -0.39 is 23.7 Å². The van der Waals surface area contributed by atoms with Gasteiger partial charge in [-0.15, -0.1) is 0 Å². The van der Waals surface area contributed by atoms with Crippen LogP contribution in [0.4, 0.5) is 10.1 Å². The number of amides is 3. The van der Waals surface area contributed by atoms with E-state index in [9.17, 15) is 18.8 Å². The molecule has 0 radical (unpaired) electrons. The summed E-state index contributed by atoms with van der Waals surface area (Å²) in [7, 11) is 0. The minimum atomic E-state index is -0.934. The van der Waals surface area contributed by atoms with E-state index in [1.54, 1.807) is 30.5 Å². The van der Waals surface area contributed by atoms with E-state index in [2.05, 4.69) is 21.2 Å². The van der Waals surface area contributed by atoms with Gasteiger partial charge in [0, 0.05) is 23.6 Å². The van der Waals surface area contributed by atoms with Gasteiger partial charge in [0.05, 0.1) is 5.56 Å². The standard InChI is InChI=1S/C22H19FN4O4/c1-14(31-19-9-7-17(23)8-10-19)20(28)26-27-22(30)15-4-2-6-18(12-15)25-21(29)16-5-3-11-24-13-16/h2-14H,1H3,(H,25,29)(H,26,28)(H,27,30). The number of hydrazine groups is 1. The van der Waals surface area contributed by atoms with Crippen molar-refractivity contribution >= 4 is 23.4 Å². The SMILES string of the molecule is CC(Oc1ccc(F)cc1)C(=O)NNC(=O)c1cccc(NC(=O)c2cccnc2)c1. The van der Waals surface area contributed by atoms with Gasteiger partial charge >= 0.3 is 0 Å². The van der Waals surface area contributed by atoms with Gasteiger partial charge in [-0.1, -0.05) is 6.07 Å². The molecule has 0 saturated carbocycles. The molecule has 3 N–H and O–H groups in total. The Morgan fingerprint density at radius 3 is 2.39 bits per heavy atom. The highest BCUT2D eigenvalue weighted by atomic mass is 19.1. The van der Waals surface area contributed by atoms with Gasteiger partial charge in [0.2, 0.25) is 0 Å². The van der Waals surface area contributed by atoms with Crippen molar-refractivity contribution in [2.75, 3.05) is 5.32 Å². The Hall–Kier alpha value is -4.27. The molecular formula is C22H19FN4O4. The summed E-state index contributed by atoms with van der Waals surface area (Å²) in [4.78, 5) is 40.6. The zero-order chi connectivity index (χ0) is 22.2. The van der Waals surface area contributed by atoms with Gasteiger partial charge in [0.25, 0.3) is 17.7 Å². The van der Waals surface area contributed by atoms with Crippen LogP contribution in [0.2, 0.25) is 0 Å². The monoisotopic (exact) mass is 422 g/mol. The van der Waals surface area contributed by atoms with Crippen molar-refractivity contribution in [2.45, 2.75) is 13.0 Å². The molecule has 0 saturated heterocycles. The van der Waals surface area contributed by atoms with Gasteiger partial charge < -0.3 is 10.1 Å². The van der Waals surface area contributed by atoms with E-state index in [1.165, 1.54) is 49.5 Å². The van der Waals surface area contributed by atoms with Crippen LogP contribution >= 0.6 is 0 Å². The van der Waals surface area contributed by atoms with Gasteiger partial charge in [0.15, 0.2) is 6.10 Å². The first-order valence-corrected chi connectivity index (χ1v) is 9.26. The normalized spacial score (nSPS) is 11.2. The van der Waals surface area contributed by atoms with Crippen LogP contribution in [0.5, 0.6) is 5.75 Å². The van der Waals surface area contributed by atoms with E-state index >= 15 is 0 Å². The van der Waals surface area contributed by atoms with Crippen LogP contribution < -0.4 is 20.9 Å². The highest BCUT2D eigenvalue weighted by Gasteiger charge is 2.16. The number of anilines is 1. The van der Waals surface area contributed by atoms with E-state index in [4.69, 9.17) is 4.74 Å². The second kappa shape index (κ2) is 9.97. The summed E-state index contributed by atoms with van der Waals surface area (Å²) >= 11 is 0. The minimum Gasteiger partial charge on any atom is -0.481 e. The van der Waals surface area contributed by atoms with E-state index in [0.717, 1.165) is 0 Å². The van der Waals surface area contributed by atoms with Crippen molar-refractivity contribution < 1.29 is 23.5 Å². The maximum atomic E-state index is 12.9. The third-order valence-electron chi connectivity index (χ3n) is 4.10. The summed E-state index contributed by atoms with van der Waals surface area (Å²) in [5.41, 5.74) is 5.55. The number of halogens is 1. The van der Waals surface area contributed by atoms with Gasteiger partial charge in [-0.3, -0.25) is 30.2 Å². The number of carbonyl (C=O) groups is 3. The molecule has 0 fully saturated rings. The fourth-order valence-electron chi connectivity index (χ4n) is 2.50. The summed E-state index contributed by atoms with van der Waals surface area (Å²) in [6, 6.07) is 14.7. The first-order chi connectivity index (χ1) is 14.9. The summed E-state index contributed by atoms with van der Waals surface area (Å²) in [5, 5.41) is 2.67. The summed E-state index contributed by atoms with van der Waals surface area (Å²) in [5.74, 6) is -1.66. The fourth-order valence-corrected chi connectivity index (χ4v) is 2.50. The topological polar surface area (TPSA) is 109 Å². The average molecular weight is 422 g/mol. The lowest BCUT2D eigenvalue weighted by Crippen LogP contribution is -2.47. The third-order valence-corrected chi connectivity index (χ3v) is 4.10. The van der Waals surface area contributed by atoms with Crippen LogP contribution in [-0.4, -0.2) is 28.8 Å². The first kappa shape index (κ1) is 21.4. The Bertz CT molecular complexity index is 1070. The van der Waals surface area contributed by atoms with Crippen molar-refractivity contribution in [3.8, 4) is 5.75 Å². The Morgan fingerprint density at radius 1 is 0.935 bits per heavy atom. The van der Waals surface area contributed by atoms with Crippen molar-refractivity contribution in [3.63, 3.8) is 0 Å². The molecule has 2 aromatic carbocycles. The predicted molar refractivity (Wildman–Crippen MR) is 111 cm³/mol. The highest BCUT2D eigenvalue weighted by molar-refractivity contribution is 6.05. The molecule has 9 heteroatoms. The van der Waals surface area contributed by atoms with Crippen molar-refractivity contribution in [3.05, 3.63) is 90.0 Å². The molecule has 1 unspecified atom stereocenters. The molecule has 0 bridgehead atoms. The van der Waals surface area contributed by atoms with Crippen LogP contribution in [-0.2, 0) is 4.79 Å². The fraction of sp³-hybridized carbons (Fsp3) is 0.0909. The Morgan fingerprint density at radius 2 is 1.68 bits per heavy atom. The molecule has 0 aliphatic carbocycles. The van der Waals surface area contributed by atoms with Gasteiger partial charge in [-0.25, -0.2) is 4.39 Å². The number of ether oxygens (including phenoxy) is 1. The van der Waals surface area contributed by atoms with Crippen LogP contribution in [0.25, 0.3) is 0 Å². The van der Waals surface area contributed by atoms with E-state index in [0.29, 0.717) is 17.0 Å². The molecule has 1 aromatic heterocycles. The average Bonchev–Trinajstić information content (AvgIpc) is 2.79. The van der Waals surface area contributed by atoms with Crippen molar-refractivity contribution in [1.82, 2.24) is 15.8 Å². The van der Waals surface area contributed by atoms with Crippen LogP contribution in [0.1, 0.15) is 27.6 Å². The lowest BCUT2D eigenvalue weighted by molar-refractivity contribution is -0.128. The number of nitrogens with one attached hydrogen (secondary N) is 3. The Balaban J connectivity index is 1.54. The predicted octanol–water partition coefficient (Wildman–Crippen LogP) is 2.70. The molecule has 8 nitrogen and oxygen atoms in total. The molecule has 0 spiro atoms. The summed E-state index contributed by atoms with van der Waals surface area (Å²) in [6.07, 6.45) is 2.05. The molecule has 31 heavy (non-hydrogen) atoms. The van der Waals surface area contributed by atoms with Gasteiger partial charge in [-0.2, -0.15) is 0 Å². The Kier molecular flexibility index (Phi) is 6.89. The quantitative estimate of drug-likeness (QED) is 0.529. The zero-order valence-corrected chi connectivity index (χ0v) is 16.5. The summed E-state index contributed by atoms with van der Waals surface area (Å²) < 4.78 is 18.3. The summed E-state index contributed by atoms with van der Waals surface area (Å²) in [6.45, 7) is 1.49. The van der Waals surface area contributed by atoms with Gasteiger partial charge in [-0.05, 0) is 61.5 Å². The van der Waals surface area contributed by atoms with E-state index in [1.807, 2.05) is 0 Å². The number of benzene rings is 2. The second-order valence-corrected chi connectivity index (χ2v) is 6.43. The molecule has 3 amide bonds. The number of hydrogen-bond donors (Lipinski definition) is 3.